The molecule has 15 aromatic rings. The van der Waals surface area contributed by atoms with Gasteiger partial charge in [-0.1, -0.05) is 303 Å². The topological polar surface area (TPSA) is 0 Å². The first-order valence-corrected chi connectivity index (χ1v) is 31.8. The second-order valence-corrected chi connectivity index (χ2v) is 26.8. The van der Waals surface area contributed by atoms with E-state index in [1.807, 2.05) is 0 Å². The molecule has 2 aliphatic carbocycles. The number of benzene rings is 15. The van der Waals surface area contributed by atoms with Crippen LogP contribution in [0.3, 0.4) is 0 Å². The van der Waals surface area contributed by atoms with Crippen LogP contribution < -0.4 is 20.7 Å². The second kappa shape index (κ2) is 21.1. The summed E-state index contributed by atoms with van der Waals surface area (Å²) in [6, 6.07) is 124. The van der Waals surface area contributed by atoms with E-state index in [0.717, 1.165) is 6.42 Å². The fourth-order valence-electron chi connectivity index (χ4n) is 14.5. The summed E-state index contributed by atoms with van der Waals surface area (Å²) in [5.74, 6) is 0.210. The lowest BCUT2D eigenvalue weighted by Crippen LogP contribution is -2.75. The Morgan fingerprint density at radius 2 is 0.718 bits per heavy atom. The normalized spacial score (nSPS) is 12.4. The van der Waals surface area contributed by atoms with Crippen molar-refractivity contribution in [1.29, 1.82) is 0 Å². The van der Waals surface area contributed by atoms with Gasteiger partial charge in [-0.3, -0.25) is 0 Å². The van der Waals surface area contributed by atoms with Crippen LogP contribution in [0, 0.1) is 0 Å². The largest absolute Gasteiger partial charge is 0.179 e. The van der Waals surface area contributed by atoms with Gasteiger partial charge in [0.1, 0.15) is 0 Å². The van der Waals surface area contributed by atoms with Crippen molar-refractivity contribution in [1.82, 2.24) is 0 Å². The van der Waals surface area contributed by atoms with E-state index < -0.39 is 8.07 Å². The maximum absolute atomic E-state index is 2.76. The van der Waals surface area contributed by atoms with Crippen molar-refractivity contribution in [3.63, 3.8) is 0 Å². The molecule has 0 N–H and O–H groups in total. The van der Waals surface area contributed by atoms with E-state index in [0.29, 0.717) is 0 Å². The van der Waals surface area contributed by atoms with E-state index in [9.17, 15) is 0 Å². The van der Waals surface area contributed by atoms with Crippen LogP contribution in [0.1, 0.15) is 33.7 Å². The molecule has 0 atom stereocenters. The molecule has 0 aromatic heterocycles. The lowest BCUT2D eigenvalue weighted by molar-refractivity contribution is 1.02. The third-order valence-electron chi connectivity index (χ3n) is 18.4. The standard InChI is InChI=1S/C44H32Si.C40H26/c1-3-17-33(18-4-1)45(34-19-5-2-6-20-34,43-28-14-27-37-36-22-8-7-15-31(36)30-42(37)43)35-21-13-16-32(29-35)44-40-25-11-9-23-38(40)39-24-10-12-26-41(39)44;1-2-9-28-22-31(17-16-27(28)8-1)33-21-20-32-23-30(18-19-34(32)24-33)29-11-7-12-35(25-29)40-26-36-10-3-4-13-37(36)38-14-5-6-15-39(38)40/h1-29,44H,30H2;1-26H. The molecule has 0 bridgehead atoms. The molecule has 15 aromatic carbocycles. The minimum absolute atomic E-state index is 0.210. The number of hydrogen-bond acceptors (Lipinski definition) is 0. The van der Waals surface area contributed by atoms with Crippen molar-refractivity contribution in [3.05, 3.63) is 361 Å². The van der Waals surface area contributed by atoms with E-state index in [-0.39, 0.29) is 5.92 Å². The molecule has 2 aliphatic rings. The highest BCUT2D eigenvalue weighted by Crippen LogP contribution is 2.48. The van der Waals surface area contributed by atoms with Gasteiger partial charge in [0, 0.05) is 5.92 Å². The van der Waals surface area contributed by atoms with Crippen LogP contribution in [-0.4, -0.2) is 8.07 Å². The molecule has 0 fully saturated rings. The summed E-state index contributed by atoms with van der Waals surface area (Å²) in [6.07, 6.45) is 0.971. The molecule has 17 rings (SSSR count). The highest BCUT2D eigenvalue weighted by molar-refractivity contribution is 7.20. The van der Waals surface area contributed by atoms with Crippen LogP contribution >= 0.6 is 0 Å². The monoisotopic (exact) mass is 1090 g/mol. The fraction of sp³-hybridized carbons (Fsp3) is 0.0238. The zero-order chi connectivity index (χ0) is 56.3. The lowest BCUT2D eigenvalue weighted by Gasteiger charge is -2.36. The smallest absolute Gasteiger partial charge is 0.0623 e. The average Bonchev–Trinajstić information content (AvgIpc) is 3.70. The third kappa shape index (κ3) is 8.66. The van der Waals surface area contributed by atoms with E-state index in [1.54, 1.807) is 0 Å². The molecular formula is C84H58Si. The van der Waals surface area contributed by atoms with Crippen LogP contribution in [-0.2, 0) is 6.42 Å². The zero-order valence-electron chi connectivity index (χ0n) is 47.0. The Morgan fingerprint density at radius 1 is 0.247 bits per heavy atom. The Morgan fingerprint density at radius 3 is 1.40 bits per heavy atom. The highest BCUT2D eigenvalue weighted by atomic mass is 28.3. The van der Waals surface area contributed by atoms with Crippen molar-refractivity contribution in [2.45, 2.75) is 12.3 Å². The van der Waals surface area contributed by atoms with Crippen LogP contribution in [0.4, 0.5) is 0 Å². The Bertz CT molecular complexity index is 4970. The minimum atomic E-state index is -2.76. The van der Waals surface area contributed by atoms with Gasteiger partial charge in [0.25, 0.3) is 0 Å². The van der Waals surface area contributed by atoms with Crippen molar-refractivity contribution >= 4 is 71.9 Å². The van der Waals surface area contributed by atoms with Gasteiger partial charge < -0.3 is 0 Å². The summed E-state index contributed by atoms with van der Waals surface area (Å²) >= 11 is 0. The summed E-state index contributed by atoms with van der Waals surface area (Å²) in [5, 5.41) is 16.0. The molecule has 0 unspecified atom stereocenters. The van der Waals surface area contributed by atoms with Gasteiger partial charge in [-0.2, -0.15) is 0 Å². The van der Waals surface area contributed by atoms with E-state index in [4.69, 9.17) is 0 Å². The lowest BCUT2D eigenvalue weighted by atomic mass is 9.89. The van der Waals surface area contributed by atoms with Gasteiger partial charge in [0.05, 0.1) is 0 Å². The second-order valence-electron chi connectivity index (χ2n) is 23.0. The molecule has 1 heteroatoms. The predicted molar refractivity (Wildman–Crippen MR) is 364 cm³/mol. The van der Waals surface area contributed by atoms with E-state index >= 15 is 0 Å². The molecule has 0 nitrogen and oxygen atoms in total. The zero-order valence-corrected chi connectivity index (χ0v) is 48.0. The van der Waals surface area contributed by atoms with Gasteiger partial charge >= 0.3 is 0 Å². The van der Waals surface area contributed by atoms with Gasteiger partial charge in [-0.05, 0) is 184 Å². The Kier molecular flexibility index (Phi) is 12.5. The molecule has 0 spiro atoms. The summed E-state index contributed by atoms with van der Waals surface area (Å²) in [4.78, 5) is 0. The molecule has 0 amide bonds. The van der Waals surface area contributed by atoms with Crippen LogP contribution in [0.25, 0.3) is 98.7 Å². The highest BCUT2D eigenvalue weighted by Gasteiger charge is 2.44. The quantitative estimate of drug-likeness (QED) is 0.0808. The van der Waals surface area contributed by atoms with E-state index in [1.165, 1.54) is 147 Å². The minimum Gasteiger partial charge on any atom is -0.0623 e. The molecule has 398 valence electrons. The summed E-state index contributed by atoms with van der Waals surface area (Å²) in [6.45, 7) is 0. The summed E-state index contributed by atoms with van der Waals surface area (Å²) in [7, 11) is -2.76. The Labute approximate surface area is 498 Å². The Hall–Kier alpha value is -10.4. The van der Waals surface area contributed by atoms with Crippen LogP contribution in [0.2, 0.25) is 0 Å². The molecular weight excluding hydrogens is 1040 g/mol. The molecule has 0 saturated carbocycles. The van der Waals surface area contributed by atoms with Gasteiger partial charge in [-0.25, -0.2) is 0 Å². The maximum atomic E-state index is 2.57. The predicted octanol–water partition coefficient (Wildman–Crippen LogP) is 19.1. The van der Waals surface area contributed by atoms with Crippen molar-refractivity contribution in [3.8, 4) is 55.6 Å². The van der Waals surface area contributed by atoms with Crippen molar-refractivity contribution in [2.24, 2.45) is 0 Å². The number of rotatable bonds is 8. The first-order chi connectivity index (χ1) is 42.1. The van der Waals surface area contributed by atoms with Gasteiger partial charge in [0.2, 0.25) is 0 Å². The molecule has 0 saturated heterocycles. The van der Waals surface area contributed by atoms with Crippen LogP contribution in [0.15, 0.2) is 334 Å². The van der Waals surface area contributed by atoms with Gasteiger partial charge in [-0.15, -0.1) is 0 Å². The molecule has 0 radical (unpaired) electrons. The average molecular weight is 1100 g/mol. The van der Waals surface area contributed by atoms with Gasteiger partial charge in [0.15, 0.2) is 8.07 Å². The number of hydrogen-bond donors (Lipinski definition) is 0. The maximum Gasteiger partial charge on any atom is 0.179 e. The SMILES string of the molecule is c1cc(-c2ccc3cc(-c4ccc5ccccc5c4)ccc3c2)cc(-c2cc3ccccc3c3ccccc23)c1.c1ccc([Si](c2ccccc2)(c2cccc(C3c4ccccc4-c4ccccc43)c2)c2cccc3c2Cc2ccccc2-3)cc1. The summed E-state index contributed by atoms with van der Waals surface area (Å²) < 4.78 is 0. The molecule has 0 aliphatic heterocycles. The third-order valence-corrected chi connectivity index (χ3v) is 23.2. The first-order valence-electron chi connectivity index (χ1n) is 29.8. The molecule has 85 heavy (non-hydrogen) atoms. The van der Waals surface area contributed by atoms with Crippen LogP contribution in [0.5, 0.6) is 0 Å². The number of fused-ring (bicyclic) bond motifs is 11. The summed E-state index contributed by atoms with van der Waals surface area (Å²) in [5.41, 5.74) is 20.0. The van der Waals surface area contributed by atoms with Crippen molar-refractivity contribution in [2.75, 3.05) is 0 Å². The molecule has 0 heterocycles. The van der Waals surface area contributed by atoms with Crippen molar-refractivity contribution < 1.29 is 0 Å². The fourth-order valence-corrected chi connectivity index (χ4v) is 19.5. The first kappa shape index (κ1) is 50.3. The Balaban J connectivity index is 0.000000139. The van der Waals surface area contributed by atoms with E-state index in [2.05, 4.69) is 334 Å².